The molecule has 0 radical (unpaired) electrons. The molecule has 2 atom stereocenters. The van der Waals surface area contributed by atoms with Gasteiger partial charge in [-0.1, -0.05) is 6.42 Å². The van der Waals surface area contributed by atoms with Crippen LogP contribution in [-0.4, -0.2) is 48.9 Å². The van der Waals surface area contributed by atoms with Crippen LogP contribution < -0.4 is 5.32 Å². The Morgan fingerprint density at radius 1 is 1.53 bits per heavy atom. The summed E-state index contributed by atoms with van der Waals surface area (Å²) in [6.45, 7) is 1.40. The molecule has 1 aliphatic carbocycles. The lowest BCUT2D eigenvalue weighted by molar-refractivity contribution is -0.118. The van der Waals surface area contributed by atoms with Gasteiger partial charge in [-0.25, -0.2) is 0 Å². The van der Waals surface area contributed by atoms with Gasteiger partial charge in [0.1, 0.15) is 0 Å². The minimum atomic E-state index is -0.165. The van der Waals surface area contributed by atoms with Crippen LogP contribution in [0.25, 0.3) is 0 Å². The van der Waals surface area contributed by atoms with Gasteiger partial charge in [-0.2, -0.15) is 0 Å². The van der Waals surface area contributed by atoms with E-state index in [1.807, 2.05) is 0 Å². The first-order valence-electron chi connectivity index (χ1n) is 6.23. The average molecular weight is 261 g/mol. The zero-order valence-corrected chi connectivity index (χ0v) is 11.3. The smallest absolute Gasteiger partial charge is 0.230 e. The van der Waals surface area contributed by atoms with Crippen molar-refractivity contribution in [3.63, 3.8) is 0 Å². The maximum Gasteiger partial charge on any atom is 0.230 e. The van der Waals surface area contributed by atoms with Crippen molar-refractivity contribution < 1.29 is 14.6 Å². The number of methoxy groups -OCH3 is 1. The fraction of sp³-hybridized carbons (Fsp3) is 0.917. The minimum Gasteiger partial charge on any atom is -0.393 e. The quantitative estimate of drug-likeness (QED) is 0.672. The van der Waals surface area contributed by atoms with Gasteiger partial charge in [0.25, 0.3) is 0 Å². The standard InChI is InChI=1S/C12H23NO3S/c1-16-5-6-17-9-12(15)13-8-10-3-2-4-11(14)7-10/h10-11,14H,2-9H2,1H3,(H,13,15). The number of rotatable bonds is 7. The van der Waals surface area contributed by atoms with E-state index >= 15 is 0 Å². The highest BCUT2D eigenvalue weighted by atomic mass is 32.2. The van der Waals surface area contributed by atoms with Crippen LogP contribution in [0.2, 0.25) is 0 Å². The summed E-state index contributed by atoms with van der Waals surface area (Å²) in [6.07, 6.45) is 3.77. The fourth-order valence-corrected chi connectivity index (χ4v) is 2.78. The van der Waals surface area contributed by atoms with Crippen molar-refractivity contribution in [1.82, 2.24) is 5.32 Å². The van der Waals surface area contributed by atoms with Crippen molar-refractivity contribution in [2.24, 2.45) is 5.92 Å². The average Bonchev–Trinajstić information content (AvgIpc) is 2.32. The van der Waals surface area contributed by atoms with E-state index in [1.54, 1.807) is 18.9 Å². The van der Waals surface area contributed by atoms with Gasteiger partial charge in [0, 0.05) is 19.4 Å². The summed E-state index contributed by atoms with van der Waals surface area (Å²) < 4.78 is 4.91. The summed E-state index contributed by atoms with van der Waals surface area (Å²) in [6, 6.07) is 0. The van der Waals surface area contributed by atoms with Crippen LogP contribution in [0.1, 0.15) is 25.7 Å². The van der Waals surface area contributed by atoms with Crippen LogP contribution in [0.3, 0.4) is 0 Å². The number of ether oxygens (including phenoxy) is 1. The second-order valence-electron chi connectivity index (χ2n) is 4.54. The van der Waals surface area contributed by atoms with Gasteiger partial charge in [0.15, 0.2) is 0 Å². The molecule has 5 heteroatoms. The van der Waals surface area contributed by atoms with Crippen molar-refractivity contribution >= 4 is 17.7 Å². The van der Waals surface area contributed by atoms with Crippen molar-refractivity contribution in [3.8, 4) is 0 Å². The predicted molar refractivity (Wildman–Crippen MR) is 70.2 cm³/mol. The molecule has 0 aromatic rings. The third kappa shape index (κ3) is 6.91. The van der Waals surface area contributed by atoms with Gasteiger partial charge in [0.2, 0.25) is 5.91 Å². The molecule has 1 fully saturated rings. The second-order valence-corrected chi connectivity index (χ2v) is 5.64. The first kappa shape index (κ1) is 14.8. The van der Waals surface area contributed by atoms with Crippen LogP contribution in [0.15, 0.2) is 0 Å². The van der Waals surface area contributed by atoms with Gasteiger partial charge in [0.05, 0.1) is 18.5 Å². The van der Waals surface area contributed by atoms with E-state index in [9.17, 15) is 9.90 Å². The third-order valence-corrected chi connectivity index (χ3v) is 3.93. The zero-order chi connectivity index (χ0) is 12.5. The topological polar surface area (TPSA) is 58.6 Å². The molecule has 100 valence electrons. The van der Waals surface area contributed by atoms with E-state index in [0.717, 1.165) is 31.4 Å². The lowest BCUT2D eigenvalue weighted by Crippen LogP contribution is -2.34. The molecular weight excluding hydrogens is 238 g/mol. The normalized spacial score (nSPS) is 24.6. The first-order valence-corrected chi connectivity index (χ1v) is 7.39. The van der Waals surface area contributed by atoms with E-state index in [0.29, 0.717) is 24.8 Å². The molecule has 1 saturated carbocycles. The van der Waals surface area contributed by atoms with Crippen LogP contribution in [-0.2, 0) is 9.53 Å². The lowest BCUT2D eigenvalue weighted by atomic mass is 9.87. The van der Waals surface area contributed by atoms with Crippen molar-refractivity contribution in [2.45, 2.75) is 31.8 Å². The minimum absolute atomic E-state index is 0.0890. The molecule has 0 aromatic heterocycles. The molecule has 0 saturated heterocycles. The molecule has 0 aromatic carbocycles. The molecule has 2 N–H and O–H groups in total. The number of aliphatic hydroxyl groups excluding tert-OH is 1. The van der Waals surface area contributed by atoms with Crippen molar-refractivity contribution in [3.05, 3.63) is 0 Å². The molecule has 1 aliphatic rings. The Balaban J connectivity index is 2.02. The third-order valence-electron chi connectivity index (χ3n) is 3.01. The summed E-state index contributed by atoms with van der Waals surface area (Å²) in [5.74, 6) is 1.89. The van der Waals surface area contributed by atoms with Gasteiger partial charge >= 0.3 is 0 Å². The molecule has 0 heterocycles. The number of carbonyl (C=O) groups excluding carboxylic acids is 1. The Bertz CT molecular complexity index is 226. The number of hydrogen-bond acceptors (Lipinski definition) is 4. The van der Waals surface area contributed by atoms with Crippen molar-refractivity contribution in [1.29, 1.82) is 0 Å². The molecular formula is C12H23NO3S. The number of amides is 1. The Morgan fingerprint density at radius 3 is 3.06 bits per heavy atom. The van der Waals surface area contributed by atoms with Gasteiger partial charge in [-0.3, -0.25) is 4.79 Å². The van der Waals surface area contributed by atoms with E-state index < -0.39 is 0 Å². The van der Waals surface area contributed by atoms with E-state index in [1.165, 1.54) is 0 Å². The Morgan fingerprint density at radius 2 is 2.35 bits per heavy atom. The number of thioether (sulfide) groups is 1. The molecule has 2 unspecified atom stereocenters. The molecule has 1 amide bonds. The van der Waals surface area contributed by atoms with Crippen molar-refractivity contribution in [2.75, 3.05) is 31.8 Å². The number of nitrogens with one attached hydrogen (secondary N) is 1. The van der Waals surface area contributed by atoms with Crippen LogP contribution in [0.4, 0.5) is 0 Å². The molecule has 4 nitrogen and oxygen atoms in total. The molecule has 0 spiro atoms. The second kappa shape index (κ2) is 8.78. The monoisotopic (exact) mass is 261 g/mol. The highest BCUT2D eigenvalue weighted by Crippen LogP contribution is 2.23. The predicted octanol–water partition coefficient (Wildman–Crippen LogP) is 1.03. The number of aliphatic hydroxyl groups is 1. The largest absolute Gasteiger partial charge is 0.393 e. The molecule has 17 heavy (non-hydrogen) atoms. The summed E-state index contributed by atoms with van der Waals surface area (Å²) in [5.41, 5.74) is 0. The van der Waals surface area contributed by atoms with Crippen LogP contribution in [0, 0.1) is 5.92 Å². The highest BCUT2D eigenvalue weighted by molar-refractivity contribution is 7.99. The molecule has 0 bridgehead atoms. The highest BCUT2D eigenvalue weighted by Gasteiger charge is 2.20. The van der Waals surface area contributed by atoms with Gasteiger partial charge < -0.3 is 15.2 Å². The Labute approximate surface area is 107 Å². The SMILES string of the molecule is COCCSCC(=O)NCC1CCCC(O)C1. The summed E-state index contributed by atoms with van der Waals surface area (Å²) >= 11 is 1.59. The zero-order valence-electron chi connectivity index (χ0n) is 10.5. The number of carbonyl (C=O) groups is 1. The van der Waals surface area contributed by atoms with Gasteiger partial charge in [-0.15, -0.1) is 11.8 Å². The fourth-order valence-electron chi connectivity index (χ4n) is 2.06. The lowest BCUT2D eigenvalue weighted by Gasteiger charge is -2.25. The maximum absolute atomic E-state index is 11.5. The van der Waals surface area contributed by atoms with Crippen LogP contribution in [0.5, 0.6) is 0 Å². The first-order chi connectivity index (χ1) is 8.22. The molecule has 1 rings (SSSR count). The molecule has 0 aliphatic heterocycles. The Kier molecular flexibility index (Phi) is 7.64. The maximum atomic E-state index is 11.5. The van der Waals surface area contributed by atoms with E-state index in [-0.39, 0.29) is 12.0 Å². The summed E-state index contributed by atoms with van der Waals surface area (Å²) in [7, 11) is 1.66. The van der Waals surface area contributed by atoms with Crippen LogP contribution >= 0.6 is 11.8 Å². The van der Waals surface area contributed by atoms with E-state index in [4.69, 9.17) is 4.74 Å². The number of hydrogen-bond donors (Lipinski definition) is 2. The summed E-state index contributed by atoms with van der Waals surface area (Å²) in [5, 5.41) is 12.5. The van der Waals surface area contributed by atoms with Gasteiger partial charge in [-0.05, 0) is 25.2 Å². The van der Waals surface area contributed by atoms with E-state index in [2.05, 4.69) is 5.32 Å². The Hall–Kier alpha value is -0.260. The summed E-state index contributed by atoms with van der Waals surface area (Å²) in [4.78, 5) is 11.5.